The van der Waals surface area contributed by atoms with Crippen LogP contribution in [0, 0.1) is 0 Å². The molecule has 86 valence electrons. The first-order valence-corrected chi connectivity index (χ1v) is 4.63. The maximum Gasteiger partial charge on any atom is 0.328 e. The molecular formula is C9H15NO5. The summed E-state index contributed by atoms with van der Waals surface area (Å²) in [6, 6.07) is -0.876. The predicted molar refractivity (Wildman–Crippen MR) is 51.1 cm³/mol. The number of hydrogen-bond acceptors (Lipinski definition) is 4. The zero-order chi connectivity index (χ0) is 11.8. The van der Waals surface area contributed by atoms with Crippen LogP contribution in [0.2, 0.25) is 0 Å². The van der Waals surface area contributed by atoms with Crippen LogP contribution in [0.5, 0.6) is 0 Å². The van der Waals surface area contributed by atoms with Crippen molar-refractivity contribution in [1.29, 1.82) is 0 Å². The van der Waals surface area contributed by atoms with Gasteiger partial charge in [-0.15, -0.1) is 0 Å². The number of amides is 1. The Morgan fingerprint density at radius 3 is 2.40 bits per heavy atom. The van der Waals surface area contributed by atoms with E-state index >= 15 is 0 Å². The Kier molecular flexibility index (Phi) is 6.08. The summed E-state index contributed by atoms with van der Waals surface area (Å²) in [5, 5.41) is 10.8. The van der Waals surface area contributed by atoms with Crippen molar-refractivity contribution in [3.05, 3.63) is 0 Å². The molecule has 0 aromatic rings. The van der Waals surface area contributed by atoms with E-state index in [1.165, 1.54) is 6.92 Å². The summed E-state index contributed by atoms with van der Waals surface area (Å²) in [5.74, 6) is -2.01. The van der Waals surface area contributed by atoms with Gasteiger partial charge < -0.3 is 15.2 Å². The van der Waals surface area contributed by atoms with Crippen LogP contribution < -0.4 is 5.32 Å². The predicted octanol–water partition coefficient (Wildman–Crippen LogP) is -0.0810. The molecule has 0 radical (unpaired) electrons. The van der Waals surface area contributed by atoms with E-state index in [2.05, 4.69) is 5.32 Å². The summed E-state index contributed by atoms with van der Waals surface area (Å²) in [5.41, 5.74) is 0. The summed E-state index contributed by atoms with van der Waals surface area (Å²) in [4.78, 5) is 32.3. The Morgan fingerprint density at radius 1 is 1.40 bits per heavy atom. The summed E-state index contributed by atoms with van der Waals surface area (Å²) >= 11 is 0. The molecule has 0 aromatic heterocycles. The van der Waals surface area contributed by atoms with Gasteiger partial charge in [0.2, 0.25) is 5.91 Å². The van der Waals surface area contributed by atoms with E-state index in [1.807, 2.05) is 0 Å². The standard InChI is InChI=1S/C9H15NO5/c1-3-15-9(14)7(10-6(2)11)4-5-8(12)13/h7H,3-5H2,1-2H3,(H,10,11)(H,12,13)/t7-/m1/s1. The minimum atomic E-state index is -1.02. The van der Waals surface area contributed by atoms with Crippen LogP contribution in [0.1, 0.15) is 26.7 Å². The molecule has 2 N–H and O–H groups in total. The Morgan fingerprint density at radius 2 is 2.00 bits per heavy atom. The molecule has 1 amide bonds. The molecule has 0 bridgehead atoms. The fraction of sp³-hybridized carbons (Fsp3) is 0.667. The smallest absolute Gasteiger partial charge is 0.328 e. The number of hydrogen-bond donors (Lipinski definition) is 2. The minimum absolute atomic E-state index is 0.0355. The number of carbonyl (C=O) groups excluding carboxylic acids is 2. The van der Waals surface area contributed by atoms with Crippen molar-refractivity contribution in [2.45, 2.75) is 32.7 Å². The lowest BCUT2D eigenvalue weighted by molar-refractivity contribution is -0.148. The van der Waals surface area contributed by atoms with E-state index in [4.69, 9.17) is 9.84 Å². The summed E-state index contributed by atoms with van der Waals surface area (Å²) in [6.07, 6.45) is -0.155. The summed E-state index contributed by atoms with van der Waals surface area (Å²) in [7, 11) is 0. The van der Waals surface area contributed by atoms with E-state index < -0.39 is 23.9 Å². The third kappa shape index (κ3) is 6.48. The molecule has 0 rings (SSSR count). The summed E-state index contributed by atoms with van der Waals surface area (Å²) in [6.45, 7) is 3.09. The number of carbonyl (C=O) groups is 3. The van der Waals surface area contributed by atoms with Gasteiger partial charge in [0.15, 0.2) is 0 Å². The number of carboxylic acids is 1. The molecule has 6 heteroatoms. The average Bonchev–Trinajstić information content (AvgIpc) is 2.11. The van der Waals surface area contributed by atoms with E-state index in [0.29, 0.717) is 0 Å². The number of aliphatic carboxylic acids is 1. The van der Waals surface area contributed by atoms with E-state index in [-0.39, 0.29) is 19.4 Å². The Balaban J connectivity index is 4.23. The monoisotopic (exact) mass is 217 g/mol. The van der Waals surface area contributed by atoms with Gasteiger partial charge in [-0.1, -0.05) is 0 Å². The van der Waals surface area contributed by atoms with Crippen LogP contribution in [0.4, 0.5) is 0 Å². The third-order valence-corrected chi connectivity index (χ3v) is 1.60. The normalized spacial score (nSPS) is 11.6. The minimum Gasteiger partial charge on any atom is -0.481 e. The molecule has 1 atom stereocenters. The van der Waals surface area contributed by atoms with Gasteiger partial charge in [-0.25, -0.2) is 4.79 Å². The largest absolute Gasteiger partial charge is 0.481 e. The molecule has 0 spiro atoms. The van der Waals surface area contributed by atoms with Gasteiger partial charge in [0.05, 0.1) is 6.61 Å². The van der Waals surface area contributed by atoms with Gasteiger partial charge in [0.25, 0.3) is 0 Å². The molecule has 0 saturated carbocycles. The molecule has 0 unspecified atom stereocenters. The van der Waals surface area contributed by atoms with Gasteiger partial charge in [0.1, 0.15) is 6.04 Å². The van der Waals surface area contributed by atoms with Crippen molar-refractivity contribution >= 4 is 17.8 Å². The maximum absolute atomic E-state index is 11.3. The highest BCUT2D eigenvalue weighted by Gasteiger charge is 2.21. The van der Waals surface area contributed by atoms with Gasteiger partial charge in [0, 0.05) is 13.3 Å². The quantitative estimate of drug-likeness (QED) is 0.607. The first-order chi connectivity index (χ1) is 6.97. The van der Waals surface area contributed by atoms with Crippen molar-refractivity contribution in [3.8, 4) is 0 Å². The average molecular weight is 217 g/mol. The highest BCUT2D eigenvalue weighted by atomic mass is 16.5. The molecule has 0 fully saturated rings. The lowest BCUT2D eigenvalue weighted by Crippen LogP contribution is -2.41. The molecule has 0 aromatic carbocycles. The molecule has 15 heavy (non-hydrogen) atoms. The zero-order valence-corrected chi connectivity index (χ0v) is 8.78. The van der Waals surface area contributed by atoms with Crippen LogP contribution in [0.15, 0.2) is 0 Å². The maximum atomic E-state index is 11.3. The van der Waals surface area contributed by atoms with Crippen LogP contribution in [-0.2, 0) is 19.1 Å². The van der Waals surface area contributed by atoms with Crippen LogP contribution in [0.3, 0.4) is 0 Å². The Bertz CT molecular complexity index is 251. The zero-order valence-electron chi connectivity index (χ0n) is 8.78. The van der Waals surface area contributed by atoms with Crippen LogP contribution in [-0.4, -0.2) is 35.6 Å². The number of esters is 1. The van der Waals surface area contributed by atoms with Crippen LogP contribution >= 0.6 is 0 Å². The van der Waals surface area contributed by atoms with Crippen molar-refractivity contribution in [3.63, 3.8) is 0 Å². The third-order valence-electron chi connectivity index (χ3n) is 1.60. The molecule has 0 aliphatic heterocycles. The molecule has 6 nitrogen and oxygen atoms in total. The fourth-order valence-electron chi connectivity index (χ4n) is 1.00. The fourth-order valence-corrected chi connectivity index (χ4v) is 1.00. The molecule has 0 saturated heterocycles. The Hall–Kier alpha value is -1.59. The van der Waals surface area contributed by atoms with Gasteiger partial charge in [-0.3, -0.25) is 9.59 Å². The second-order valence-corrected chi connectivity index (χ2v) is 2.94. The topological polar surface area (TPSA) is 92.7 Å². The molecule has 0 aliphatic carbocycles. The van der Waals surface area contributed by atoms with E-state index in [0.717, 1.165) is 0 Å². The highest BCUT2D eigenvalue weighted by molar-refractivity contribution is 5.83. The summed E-state index contributed by atoms with van der Waals surface area (Å²) < 4.78 is 4.69. The lowest BCUT2D eigenvalue weighted by atomic mass is 10.1. The number of carboxylic acid groups (broad SMARTS) is 1. The van der Waals surface area contributed by atoms with Crippen molar-refractivity contribution in [2.24, 2.45) is 0 Å². The highest BCUT2D eigenvalue weighted by Crippen LogP contribution is 2.00. The number of ether oxygens (including phenoxy) is 1. The first-order valence-electron chi connectivity index (χ1n) is 4.63. The van der Waals surface area contributed by atoms with Crippen LogP contribution in [0.25, 0.3) is 0 Å². The van der Waals surface area contributed by atoms with Crippen molar-refractivity contribution in [1.82, 2.24) is 5.32 Å². The van der Waals surface area contributed by atoms with Crippen molar-refractivity contribution in [2.75, 3.05) is 6.61 Å². The lowest BCUT2D eigenvalue weighted by Gasteiger charge is -2.14. The van der Waals surface area contributed by atoms with Gasteiger partial charge in [-0.2, -0.15) is 0 Å². The number of nitrogens with one attached hydrogen (secondary N) is 1. The van der Waals surface area contributed by atoms with Gasteiger partial charge >= 0.3 is 11.9 Å². The van der Waals surface area contributed by atoms with Crippen molar-refractivity contribution < 1.29 is 24.2 Å². The van der Waals surface area contributed by atoms with Gasteiger partial charge in [-0.05, 0) is 13.3 Å². The molecule has 0 heterocycles. The first kappa shape index (κ1) is 13.4. The second kappa shape index (κ2) is 6.80. The van der Waals surface area contributed by atoms with E-state index in [1.54, 1.807) is 6.92 Å². The Labute approximate surface area is 87.6 Å². The second-order valence-electron chi connectivity index (χ2n) is 2.94. The molecule has 0 aliphatic rings. The van der Waals surface area contributed by atoms with E-state index in [9.17, 15) is 14.4 Å². The number of rotatable bonds is 6. The SMILES string of the molecule is CCOC(=O)[C@@H](CCC(=O)O)NC(C)=O. The molecular weight excluding hydrogens is 202 g/mol.